The minimum absolute atomic E-state index is 0. The smallest absolute Gasteiger partial charge is 0.230 e. The Morgan fingerprint density at radius 3 is 2.38 bits per heavy atom. The number of carbonyl (C=O) groups excluding carboxylic acids is 1. The summed E-state index contributed by atoms with van der Waals surface area (Å²) in [5, 5.41) is 6.44. The molecule has 2 aliphatic heterocycles. The van der Waals surface area contributed by atoms with Crippen molar-refractivity contribution in [1.29, 1.82) is 0 Å². The second-order valence-corrected chi connectivity index (χ2v) is 7.73. The van der Waals surface area contributed by atoms with Gasteiger partial charge in [-0.25, -0.2) is 0 Å². The summed E-state index contributed by atoms with van der Waals surface area (Å²) in [4.78, 5) is 13.1. The molecule has 4 rings (SSSR count). The molecule has 0 saturated carbocycles. The molecule has 156 valence electrons. The molecule has 0 bridgehead atoms. The van der Waals surface area contributed by atoms with Gasteiger partial charge in [-0.2, -0.15) is 0 Å². The highest BCUT2D eigenvalue weighted by Gasteiger charge is 2.41. The summed E-state index contributed by atoms with van der Waals surface area (Å²) >= 11 is 0. The van der Waals surface area contributed by atoms with E-state index in [4.69, 9.17) is 9.47 Å². The van der Waals surface area contributed by atoms with Crippen LogP contribution < -0.4 is 15.4 Å². The number of amides is 1. The van der Waals surface area contributed by atoms with Gasteiger partial charge in [-0.1, -0.05) is 42.5 Å². The Balaban J connectivity index is 0.00000240. The maximum absolute atomic E-state index is 13.1. The lowest BCUT2D eigenvalue weighted by Gasteiger charge is -2.37. The van der Waals surface area contributed by atoms with Crippen LogP contribution >= 0.6 is 12.4 Å². The molecular formula is C23H29ClN2O3. The number of carbonyl (C=O) groups is 1. The summed E-state index contributed by atoms with van der Waals surface area (Å²) < 4.78 is 11.4. The van der Waals surface area contributed by atoms with Crippen LogP contribution in [0.4, 0.5) is 0 Å². The lowest BCUT2D eigenvalue weighted by Crippen LogP contribution is -2.53. The standard InChI is InChI=1S/C23H28N2O3.ClH/c26-22(25-16-19-14-24-15-19)23(10-12-27-13-11-23)20-6-8-21(9-7-20)28-17-18-4-2-1-3-5-18;/h1-9,19,24H,10-17H2,(H,25,26);1H. The Hall–Kier alpha value is -2.08. The van der Waals surface area contributed by atoms with Crippen LogP contribution in [-0.2, 0) is 21.6 Å². The van der Waals surface area contributed by atoms with E-state index >= 15 is 0 Å². The zero-order valence-electron chi connectivity index (χ0n) is 16.6. The molecule has 0 unspecified atom stereocenters. The number of benzene rings is 2. The second-order valence-electron chi connectivity index (χ2n) is 7.73. The minimum atomic E-state index is -0.507. The highest BCUT2D eigenvalue weighted by atomic mass is 35.5. The van der Waals surface area contributed by atoms with Gasteiger partial charge < -0.3 is 20.1 Å². The third-order valence-electron chi connectivity index (χ3n) is 5.85. The van der Waals surface area contributed by atoms with Crippen molar-refractivity contribution in [2.24, 2.45) is 5.92 Å². The molecule has 5 nitrogen and oxygen atoms in total. The molecule has 29 heavy (non-hydrogen) atoms. The van der Waals surface area contributed by atoms with Crippen molar-refractivity contribution in [1.82, 2.24) is 10.6 Å². The highest BCUT2D eigenvalue weighted by molar-refractivity contribution is 5.88. The fraction of sp³-hybridized carbons (Fsp3) is 0.435. The fourth-order valence-electron chi connectivity index (χ4n) is 3.88. The maximum atomic E-state index is 13.1. The molecule has 2 aromatic rings. The first kappa shape index (κ1) is 21.6. The lowest BCUT2D eigenvalue weighted by molar-refractivity contribution is -0.130. The molecule has 2 fully saturated rings. The maximum Gasteiger partial charge on any atom is 0.230 e. The molecule has 0 aromatic heterocycles. The van der Waals surface area contributed by atoms with Crippen LogP contribution in [0.25, 0.3) is 0 Å². The molecule has 0 spiro atoms. The molecule has 6 heteroatoms. The van der Waals surface area contributed by atoms with Crippen molar-refractivity contribution in [3.05, 3.63) is 65.7 Å². The normalized spacial score (nSPS) is 18.2. The van der Waals surface area contributed by atoms with E-state index in [2.05, 4.69) is 10.6 Å². The van der Waals surface area contributed by atoms with E-state index < -0.39 is 5.41 Å². The Bertz CT molecular complexity index is 772. The van der Waals surface area contributed by atoms with Crippen LogP contribution in [0.1, 0.15) is 24.0 Å². The van der Waals surface area contributed by atoms with E-state index in [1.807, 2.05) is 54.6 Å². The van der Waals surface area contributed by atoms with E-state index in [9.17, 15) is 4.79 Å². The first-order chi connectivity index (χ1) is 13.8. The van der Waals surface area contributed by atoms with Gasteiger partial charge in [0.25, 0.3) is 0 Å². The van der Waals surface area contributed by atoms with Gasteiger partial charge in [0.2, 0.25) is 5.91 Å². The van der Waals surface area contributed by atoms with Crippen molar-refractivity contribution in [3.63, 3.8) is 0 Å². The van der Waals surface area contributed by atoms with Gasteiger partial charge in [-0.3, -0.25) is 4.79 Å². The van der Waals surface area contributed by atoms with Crippen LogP contribution in [0.2, 0.25) is 0 Å². The molecule has 2 aliphatic rings. The number of nitrogens with one attached hydrogen (secondary N) is 2. The first-order valence-electron chi connectivity index (χ1n) is 10.1. The summed E-state index contributed by atoms with van der Waals surface area (Å²) in [7, 11) is 0. The molecule has 0 atom stereocenters. The summed E-state index contributed by atoms with van der Waals surface area (Å²) in [6.07, 6.45) is 1.43. The Morgan fingerprint density at radius 1 is 1.07 bits per heavy atom. The van der Waals surface area contributed by atoms with Gasteiger partial charge in [0.05, 0.1) is 5.41 Å². The minimum Gasteiger partial charge on any atom is -0.489 e. The molecule has 2 heterocycles. The van der Waals surface area contributed by atoms with Crippen molar-refractivity contribution >= 4 is 18.3 Å². The number of ether oxygens (including phenoxy) is 2. The number of hydrogen-bond acceptors (Lipinski definition) is 4. The van der Waals surface area contributed by atoms with Gasteiger partial charge >= 0.3 is 0 Å². The Morgan fingerprint density at radius 2 is 1.76 bits per heavy atom. The highest BCUT2D eigenvalue weighted by Crippen LogP contribution is 2.36. The number of halogens is 1. The number of hydrogen-bond donors (Lipinski definition) is 2. The Labute approximate surface area is 178 Å². The first-order valence-corrected chi connectivity index (χ1v) is 10.1. The fourth-order valence-corrected chi connectivity index (χ4v) is 3.88. The molecule has 0 radical (unpaired) electrons. The second kappa shape index (κ2) is 10.1. The predicted octanol–water partition coefficient (Wildman–Crippen LogP) is 3.07. The molecule has 2 saturated heterocycles. The van der Waals surface area contributed by atoms with E-state index in [-0.39, 0.29) is 18.3 Å². The van der Waals surface area contributed by atoms with Crippen molar-refractivity contribution in [3.8, 4) is 5.75 Å². The molecular weight excluding hydrogens is 388 g/mol. The molecule has 2 aromatic carbocycles. The largest absolute Gasteiger partial charge is 0.489 e. The van der Waals surface area contributed by atoms with Crippen molar-refractivity contribution in [2.75, 3.05) is 32.8 Å². The van der Waals surface area contributed by atoms with Crippen molar-refractivity contribution < 1.29 is 14.3 Å². The average Bonchev–Trinajstić information content (AvgIpc) is 2.72. The third-order valence-corrected chi connectivity index (χ3v) is 5.85. The van der Waals surface area contributed by atoms with Crippen LogP contribution in [0.15, 0.2) is 54.6 Å². The lowest BCUT2D eigenvalue weighted by atomic mass is 9.73. The average molecular weight is 417 g/mol. The van der Waals surface area contributed by atoms with Crippen LogP contribution in [-0.4, -0.2) is 38.8 Å². The van der Waals surface area contributed by atoms with Crippen molar-refractivity contribution in [2.45, 2.75) is 24.9 Å². The van der Waals surface area contributed by atoms with Gasteiger partial charge in [-0.15, -0.1) is 12.4 Å². The third kappa shape index (κ3) is 5.10. The van der Waals surface area contributed by atoms with E-state index in [0.29, 0.717) is 38.6 Å². The summed E-state index contributed by atoms with van der Waals surface area (Å²) in [5.74, 6) is 1.49. The van der Waals surface area contributed by atoms with Crippen LogP contribution in [0.3, 0.4) is 0 Å². The molecule has 2 N–H and O–H groups in total. The van der Waals surface area contributed by atoms with Gasteiger partial charge in [-0.05, 0) is 36.1 Å². The number of rotatable bonds is 7. The summed E-state index contributed by atoms with van der Waals surface area (Å²) in [6.45, 7) is 4.49. The van der Waals surface area contributed by atoms with E-state index in [1.54, 1.807) is 0 Å². The van der Waals surface area contributed by atoms with Gasteiger partial charge in [0, 0.05) is 38.8 Å². The molecule has 1 amide bonds. The van der Waals surface area contributed by atoms with E-state index in [0.717, 1.165) is 36.5 Å². The Kier molecular flexibility index (Phi) is 7.53. The molecule has 0 aliphatic carbocycles. The van der Waals surface area contributed by atoms with Crippen LogP contribution in [0.5, 0.6) is 5.75 Å². The topological polar surface area (TPSA) is 59.6 Å². The van der Waals surface area contributed by atoms with Gasteiger partial charge in [0.1, 0.15) is 12.4 Å². The quantitative estimate of drug-likeness (QED) is 0.728. The van der Waals surface area contributed by atoms with E-state index in [1.165, 1.54) is 0 Å². The summed E-state index contributed by atoms with van der Waals surface area (Å²) in [6, 6.07) is 18.1. The summed E-state index contributed by atoms with van der Waals surface area (Å²) in [5.41, 5.74) is 1.68. The zero-order valence-corrected chi connectivity index (χ0v) is 17.4. The SMILES string of the molecule is Cl.O=C(NCC1CNC1)C1(c2ccc(OCc3ccccc3)cc2)CCOCC1. The predicted molar refractivity (Wildman–Crippen MR) is 116 cm³/mol. The zero-order chi connectivity index (χ0) is 19.2. The monoisotopic (exact) mass is 416 g/mol. The van der Waals surface area contributed by atoms with Gasteiger partial charge in [0.15, 0.2) is 0 Å². The van der Waals surface area contributed by atoms with Crippen LogP contribution in [0, 0.1) is 5.92 Å².